The molecule has 2 aromatic rings. The molecule has 19 heavy (non-hydrogen) atoms. The molecule has 100 valence electrons. The zero-order valence-electron chi connectivity index (χ0n) is 10.9. The number of rotatable bonds is 1. The fraction of sp³-hybridized carbons (Fsp3) is 0.429. The molecule has 0 spiro atoms. The Bertz CT molecular complexity index is 593. The third-order valence-electron chi connectivity index (χ3n) is 3.53. The predicted octanol–water partition coefficient (Wildman–Crippen LogP) is 2.79. The van der Waals surface area contributed by atoms with E-state index in [4.69, 9.17) is 4.74 Å². The van der Waals surface area contributed by atoms with Crippen molar-refractivity contribution in [1.29, 1.82) is 0 Å². The van der Waals surface area contributed by atoms with Crippen LogP contribution in [0.1, 0.15) is 19.8 Å². The van der Waals surface area contributed by atoms with Gasteiger partial charge in [-0.15, -0.1) is 5.10 Å². The van der Waals surface area contributed by atoms with E-state index in [0.29, 0.717) is 11.8 Å². The molecule has 1 unspecified atom stereocenters. The van der Waals surface area contributed by atoms with Crippen LogP contribution in [0.15, 0.2) is 24.3 Å². The van der Waals surface area contributed by atoms with Crippen LogP contribution in [0.5, 0.6) is 5.88 Å². The number of carbonyl (C=O) groups excluding carboxylic acids is 1. The molecule has 5 heteroatoms. The Hall–Kier alpha value is -2.04. The molecule has 5 nitrogen and oxygen atoms in total. The van der Waals surface area contributed by atoms with E-state index in [9.17, 15) is 4.79 Å². The van der Waals surface area contributed by atoms with Gasteiger partial charge < -0.3 is 9.64 Å². The number of piperidine rings is 1. The Morgan fingerprint density at radius 3 is 3.16 bits per heavy atom. The molecule has 2 heterocycles. The van der Waals surface area contributed by atoms with Gasteiger partial charge in [0.15, 0.2) is 0 Å². The average molecular weight is 259 g/mol. The first-order chi connectivity index (χ1) is 9.24. The minimum Gasteiger partial charge on any atom is -0.389 e. The second kappa shape index (κ2) is 4.91. The first-order valence-electron chi connectivity index (χ1n) is 6.64. The van der Waals surface area contributed by atoms with Gasteiger partial charge in [0.05, 0.1) is 10.9 Å². The zero-order valence-corrected chi connectivity index (χ0v) is 10.9. The lowest BCUT2D eigenvalue weighted by Crippen LogP contribution is -2.40. The molecule has 1 fully saturated rings. The highest BCUT2D eigenvalue weighted by Gasteiger charge is 2.23. The van der Waals surface area contributed by atoms with E-state index in [1.807, 2.05) is 24.3 Å². The third-order valence-corrected chi connectivity index (χ3v) is 3.53. The number of hydrogen-bond acceptors (Lipinski definition) is 3. The van der Waals surface area contributed by atoms with Gasteiger partial charge in [-0.3, -0.25) is 5.10 Å². The third kappa shape index (κ3) is 2.41. The van der Waals surface area contributed by atoms with Crippen LogP contribution in [-0.4, -0.2) is 34.3 Å². The topological polar surface area (TPSA) is 58.2 Å². The van der Waals surface area contributed by atoms with Crippen LogP contribution in [-0.2, 0) is 0 Å². The molecule has 0 aliphatic carbocycles. The second-order valence-electron chi connectivity index (χ2n) is 5.14. The number of H-pyrrole nitrogens is 1. The van der Waals surface area contributed by atoms with Gasteiger partial charge in [-0.05, 0) is 30.9 Å². The molecule has 1 atom stereocenters. The number of aromatic nitrogens is 2. The highest BCUT2D eigenvalue weighted by molar-refractivity contribution is 5.86. The number of nitrogens with zero attached hydrogens (tertiary/aromatic N) is 2. The largest absolute Gasteiger partial charge is 0.416 e. The van der Waals surface area contributed by atoms with Crippen molar-refractivity contribution in [2.24, 2.45) is 5.92 Å². The summed E-state index contributed by atoms with van der Waals surface area (Å²) in [5.74, 6) is 0.899. The molecule has 0 bridgehead atoms. The number of ether oxygens (including phenoxy) is 1. The molecule has 1 amide bonds. The van der Waals surface area contributed by atoms with Gasteiger partial charge in [0.25, 0.3) is 5.88 Å². The Labute approximate surface area is 111 Å². The number of fused-ring (bicyclic) bond motifs is 1. The van der Waals surface area contributed by atoms with Crippen LogP contribution in [0.4, 0.5) is 4.79 Å². The summed E-state index contributed by atoms with van der Waals surface area (Å²) in [6.07, 6.45) is 1.91. The van der Waals surface area contributed by atoms with E-state index in [1.165, 1.54) is 6.42 Å². The molecule has 1 saturated heterocycles. The maximum Gasteiger partial charge on any atom is 0.416 e. The van der Waals surface area contributed by atoms with Gasteiger partial charge in [0.2, 0.25) is 0 Å². The maximum atomic E-state index is 12.1. The summed E-state index contributed by atoms with van der Waals surface area (Å²) >= 11 is 0. The Kier molecular flexibility index (Phi) is 3.11. The number of carbonyl (C=O) groups is 1. The van der Waals surface area contributed by atoms with Gasteiger partial charge in [-0.2, -0.15) is 0 Å². The molecular formula is C14H17N3O2. The summed E-state index contributed by atoms with van der Waals surface area (Å²) in [5, 5.41) is 7.75. The molecule has 1 aliphatic heterocycles. The first-order valence-corrected chi connectivity index (χ1v) is 6.64. The summed E-state index contributed by atoms with van der Waals surface area (Å²) in [7, 11) is 0. The van der Waals surface area contributed by atoms with Crippen molar-refractivity contribution in [3.8, 4) is 5.88 Å². The molecule has 1 N–H and O–H groups in total. The van der Waals surface area contributed by atoms with E-state index in [-0.39, 0.29) is 6.09 Å². The first kappa shape index (κ1) is 12.0. The lowest BCUT2D eigenvalue weighted by Gasteiger charge is -2.29. The number of para-hydroxylation sites is 1. The van der Waals surface area contributed by atoms with Crippen molar-refractivity contribution in [3.63, 3.8) is 0 Å². The number of hydrogen-bond donors (Lipinski definition) is 1. The number of likely N-dealkylation sites (tertiary alicyclic amines) is 1. The van der Waals surface area contributed by atoms with Crippen LogP contribution in [0.3, 0.4) is 0 Å². The zero-order chi connectivity index (χ0) is 13.2. The smallest absolute Gasteiger partial charge is 0.389 e. The minimum atomic E-state index is -0.302. The fourth-order valence-electron chi connectivity index (χ4n) is 2.52. The summed E-state index contributed by atoms with van der Waals surface area (Å²) in [6.45, 7) is 3.69. The molecule has 3 rings (SSSR count). The molecular weight excluding hydrogens is 242 g/mol. The predicted molar refractivity (Wildman–Crippen MR) is 72.1 cm³/mol. The summed E-state index contributed by atoms with van der Waals surface area (Å²) in [5.41, 5.74) is 0.873. The van der Waals surface area contributed by atoms with Gasteiger partial charge >= 0.3 is 6.09 Å². The number of nitrogens with one attached hydrogen (secondary N) is 1. The van der Waals surface area contributed by atoms with Crippen LogP contribution < -0.4 is 4.74 Å². The highest BCUT2D eigenvalue weighted by atomic mass is 16.6. The number of benzene rings is 1. The quantitative estimate of drug-likeness (QED) is 0.856. The minimum absolute atomic E-state index is 0.302. The summed E-state index contributed by atoms with van der Waals surface area (Å²) < 4.78 is 5.40. The SMILES string of the molecule is CC1CCCN(C(=O)Oc2n[nH]c3ccccc23)C1. The molecule has 1 aromatic heterocycles. The van der Waals surface area contributed by atoms with Crippen molar-refractivity contribution < 1.29 is 9.53 Å². The Morgan fingerprint density at radius 1 is 1.47 bits per heavy atom. The number of amides is 1. The normalized spacial score (nSPS) is 19.6. The van der Waals surface area contributed by atoms with E-state index in [2.05, 4.69) is 17.1 Å². The molecule has 1 aliphatic rings. The van der Waals surface area contributed by atoms with Gasteiger partial charge in [-0.25, -0.2) is 4.79 Å². The van der Waals surface area contributed by atoms with Crippen molar-refractivity contribution >= 4 is 17.0 Å². The van der Waals surface area contributed by atoms with Crippen molar-refractivity contribution in [1.82, 2.24) is 15.1 Å². The lowest BCUT2D eigenvalue weighted by molar-refractivity contribution is 0.128. The van der Waals surface area contributed by atoms with Crippen LogP contribution >= 0.6 is 0 Å². The maximum absolute atomic E-state index is 12.1. The van der Waals surface area contributed by atoms with Crippen molar-refractivity contribution in [2.45, 2.75) is 19.8 Å². The monoisotopic (exact) mass is 259 g/mol. The molecule has 0 radical (unpaired) electrons. The summed E-state index contributed by atoms with van der Waals surface area (Å²) in [6, 6.07) is 7.61. The number of aromatic amines is 1. The Balaban J connectivity index is 1.75. The summed E-state index contributed by atoms with van der Waals surface area (Å²) in [4.78, 5) is 13.9. The Morgan fingerprint density at radius 2 is 2.32 bits per heavy atom. The standard InChI is InChI=1S/C14H17N3O2/c1-10-5-4-8-17(9-10)14(18)19-13-11-6-2-3-7-12(11)15-16-13/h2-3,6-7,10H,4-5,8-9H2,1H3,(H,15,16). The lowest BCUT2D eigenvalue weighted by atomic mass is 10.0. The molecule has 0 saturated carbocycles. The van der Waals surface area contributed by atoms with Crippen LogP contribution in [0.2, 0.25) is 0 Å². The second-order valence-corrected chi connectivity index (χ2v) is 5.14. The molecule has 1 aromatic carbocycles. The van der Waals surface area contributed by atoms with E-state index in [1.54, 1.807) is 4.90 Å². The van der Waals surface area contributed by atoms with E-state index in [0.717, 1.165) is 30.4 Å². The van der Waals surface area contributed by atoms with Crippen molar-refractivity contribution in [2.75, 3.05) is 13.1 Å². The fourth-order valence-corrected chi connectivity index (χ4v) is 2.52. The van der Waals surface area contributed by atoms with Gasteiger partial charge in [-0.1, -0.05) is 19.1 Å². The van der Waals surface area contributed by atoms with E-state index < -0.39 is 0 Å². The average Bonchev–Trinajstić information content (AvgIpc) is 2.82. The van der Waals surface area contributed by atoms with Gasteiger partial charge in [0, 0.05) is 13.1 Å². The van der Waals surface area contributed by atoms with Crippen LogP contribution in [0, 0.1) is 5.92 Å². The van der Waals surface area contributed by atoms with E-state index >= 15 is 0 Å². The van der Waals surface area contributed by atoms with Crippen LogP contribution in [0.25, 0.3) is 10.9 Å². The highest BCUT2D eigenvalue weighted by Crippen LogP contribution is 2.23. The van der Waals surface area contributed by atoms with Gasteiger partial charge in [0.1, 0.15) is 0 Å². The van der Waals surface area contributed by atoms with Crippen molar-refractivity contribution in [3.05, 3.63) is 24.3 Å².